The predicted molar refractivity (Wildman–Crippen MR) is 85.2 cm³/mol. The van der Waals surface area contributed by atoms with Gasteiger partial charge in [-0.3, -0.25) is 0 Å². The van der Waals surface area contributed by atoms with Gasteiger partial charge in [0.1, 0.15) is 0 Å². The van der Waals surface area contributed by atoms with Crippen LogP contribution in [0.25, 0.3) is 0 Å². The van der Waals surface area contributed by atoms with Crippen LogP contribution in [0.3, 0.4) is 0 Å². The molecule has 0 radical (unpaired) electrons. The molecule has 0 saturated heterocycles. The van der Waals surface area contributed by atoms with Crippen LogP contribution in [0, 0.1) is 8.99 Å². The van der Waals surface area contributed by atoms with E-state index in [2.05, 4.69) is 22.6 Å². The van der Waals surface area contributed by atoms with E-state index in [1.807, 2.05) is 20.8 Å². The maximum atomic E-state index is 11.9. The fourth-order valence-corrected chi connectivity index (χ4v) is 2.59. The fourth-order valence-electron chi connectivity index (χ4n) is 1.95. The van der Waals surface area contributed by atoms with E-state index in [0.717, 1.165) is 3.57 Å². The van der Waals surface area contributed by atoms with Crippen molar-refractivity contribution in [1.29, 1.82) is 0 Å². The first kappa shape index (κ1) is 16.9. The normalized spacial score (nSPS) is 11.2. The highest BCUT2D eigenvalue weighted by atomic mass is 127. The van der Waals surface area contributed by atoms with Crippen molar-refractivity contribution >= 4 is 34.5 Å². The summed E-state index contributed by atoms with van der Waals surface area (Å²) in [6.07, 6.45) is 0.583. The zero-order chi connectivity index (χ0) is 15.5. The Kier molecular flexibility index (Phi) is 5.56. The van der Waals surface area contributed by atoms with Gasteiger partial charge in [-0.15, -0.1) is 0 Å². The molecule has 0 aliphatic heterocycles. The molecule has 1 aromatic carbocycles. The minimum absolute atomic E-state index is 0.0604. The summed E-state index contributed by atoms with van der Waals surface area (Å²) >= 11 is 2.11. The molecule has 1 aromatic rings. The van der Waals surface area contributed by atoms with Gasteiger partial charge in [0, 0.05) is 3.57 Å². The Morgan fingerprint density at radius 3 is 2.35 bits per heavy atom. The second kappa shape index (κ2) is 6.56. The Labute approximate surface area is 132 Å². The number of rotatable bonds is 4. The summed E-state index contributed by atoms with van der Waals surface area (Å²) in [7, 11) is 0. The van der Waals surface area contributed by atoms with Gasteiger partial charge >= 0.3 is 11.9 Å². The van der Waals surface area contributed by atoms with Crippen LogP contribution in [0.4, 0.5) is 0 Å². The lowest BCUT2D eigenvalue weighted by molar-refractivity contribution is 0.0514. The number of aromatic carboxylic acids is 1. The number of halogens is 1. The summed E-state index contributed by atoms with van der Waals surface area (Å²) < 4.78 is 5.79. The number of carbonyl (C=O) groups excluding carboxylic acids is 1. The van der Waals surface area contributed by atoms with Gasteiger partial charge in [0.2, 0.25) is 0 Å². The van der Waals surface area contributed by atoms with Gasteiger partial charge in [-0.05, 0) is 59.0 Å². The number of carboxylic acid groups (broad SMARTS) is 1. The van der Waals surface area contributed by atoms with Crippen molar-refractivity contribution in [3.8, 4) is 0 Å². The van der Waals surface area contributed by atoms with Gasteiger partial charge < -0.3 is 9.84 Å². The smallest absolute Gasteiger partial charge is 0.339 e. The Morgan fingerprint density at radius 1 is 1.30 bits per heavy atom. The van der Waals surface area contributed by atoms with E-state index in [1.54, 1.807) is 13.0 Å². The summed E-state index contributed by atoms with van der Waals surface area (Å²) in [4.78, 5) is 23.5. The topological polar surface area (TPSA) is 63.6 Å². The standard InChI is InChI=1S/C15H19IO4/c1-5-20-14(19)9-6-7-11(16)10(8-15(2,3)4)12(9)13(17)18/h6-7H,5,8H2,1-4H3,(H,17,18). The van der Waals surface area contributed by atoms with E-state index >= 15 is 0 Å². The van der Waals surface area contributed by atoms with Gasteiger partial charge in [0.25, 0.3) is 0 Å². The lowest BCUT2D eigenvalue weighted by Crippen LogP contribution is -2.19. The van der Waals surface area contributed by atoms with Crippen molar-refractivity contribution in [3.63, 3.8) is 0 Å². The molecule has 1 N–H and O–H groups in total. The van der Waals surface area contributed by atoms with Crippen LogP contribution in [-0.4, -0.2) is 23.7 Å². The maximum Gasteiger partial charge on any atom is 0.339 e. The summed E-state index contributed by atoms with van der Waals surface area (Å²) in [5.74, 6) is -1.68. The molecule has 110 valence electrons. The van der Waals surface area contributed by atoms with Crippen molar-refractivity contribution < 1.29 is 19.4 Å². The lowest BCUT2D eigenvalue weighted by Gasteiger charge is -2.21. The minimum atomic E-state index is -1.09. The van der Waals surface area contributed by atoms with E-state index in [0.29, 0.717) is 12.0 Å². The third-order valence-corrected chi connectivity index (χ3v) is 3.68. The predicted octanol–water partition coefficient (Wildman–Crippen LogP) is 3.75. The molecule has 0 heterocycles. The summed E-state index contributed by atoms with van der Waals surface area (Å²) in [5, 5.41) is 9.47. The quantitative estimate of drug-likeness (QED) is 0.628. The summed E-state index contributed by atoms with van der Waals surface area (Å²) in [6, 6.07) is 3.29. The first-order chi connectivity index (χ1) is 9.17. The second-order valence-electron chi connectivity index (χ2n) is 5.71. The number of hydrogen-bond donors (Lipinski definition) is 1. The number of ether oxygens (including phenoxy) is 1. The van der Waals surface area contributed by atoms with Gasteiger partial charge in [-0.1, -0.05) is 20.8 Å². The van der Waals surface area contributed by atoms with Crippen molar-refractivity contribution in [2.45, 2.75) is 34.1 Å². The molecule has 0 aliphatic rings. The molecule has 0 saturated carbocycles. The highest BCUT2D eigenvalue weighted by Gasteiger charge is 2.26. The zero-order valence-corrected chi connectivity index (χ0v) is 14.3. The van der Waals surface area contributed by atoms with E-state index in [9.17, 15) is 14.7 Å². The lowest BCUT2D eigenvalue weighted by atomic mass is 9.85. The molecule has 0 spiro atoms. The zero-order valence-electron chi connectivity index (χ0n) is 12.1. The number of esters is 1. The molecule has 0 amide bonds. The number of carboxylic acids is 1. The number of hydrogen-bond acceptors (Lipinski definition) is 3. The first-order valence-corrected chi connectivity index (χ1v) is 7.47. The third kappa shape index (κ3) is 4.19. The van der Waals surface area contributed by atoms with Crippen LogP contribution in [0.15, 0.2) is 12.1 Å². The molecule has 0 aliphatic carbocycles. The van der Waals surface area contributed by atoms with Gasteiger partial charge in [-0.2, -0.15) is 0 Å². The highest BCUT2D eigenvalue weighted by Crippen LogP contribution is 2.29. The van der Waals surface area contributed by atoms with Crippen LogP contribution >= 0.6 is 22.6 Å². The molecule has 4 nitrogen and oxygen atoms in total. The molecule has 0 fully saturated rings. The monoisotopic (exact) mass is 390 g/mol. The van der Waals surface area contributed by atoms with Crippen molar-refractivity contribution in [3.05, 3.63) is 32.4 Å². The van der Waals surface area contributed by atoms with E-state index in [-0.39, 0.29) is 23.1 Å². The van der Waals surface area contributed by atoms with Crippen molar-refractivity contribution in [2.75, 3.05) is 6.61 Å². The summed E-state index contributed by atoms with van der Waals surface area (Å²) in [6.45, 7) is 8.02. The molecule has 0 aromatic heterocycles. The minimum Gasteiger partial charge on any atom is -0.478 e. The largest absolute Gasteiger partial charge is 0.478 e. The van der Waals surface area contributed by atoms with Gasteiger partial charge in [0.15, 0.2) is 0 Å². The fraction of sp³-hybridized carbons (Fsp3) is 0.467. The van der Waals surface area contributed by atoms with E-state index in [4.69, 9.17) is 4.74 Å². The van der Waals surface area contributed by atoms with Crippen LogP contribution in [-0.2, 0) is 11.2 Å². The molecule has 0 atom stereocenters. The van der Waals surface area contributed by atoms with Crippen LogP contribution in [0.2, 0.25) is 0 Å². The molecule has 1 rings (SSSR count). The molecular weight excluding hydrogens is 371 g/mol. The molecule has 0 unspecified atom stereocenters. The first-order valence-electron chi connectivity index (χ1n) is 6.39. The Morgan fingerprint density at radius 2 is 1.90 bits per heavy atom. The Hall–Kier alpha value is -1.11. The van der Waals surface area contributed by atoms with Crippen LogP contribution in [0.1, 0.15) is 54.0 Å². The molecule has 20 heavy (non-hydrogen) atoms. The Bertz CT molecular complexity index is 529. The van der Waals surface area contributed by atoms with Crippen molar-refractivity contribution in [2.24, 2.45) is 5.41 Å². The van der Waals surface area contributed by atoms with E-state index in [1.165, 1.54) is 6.07 Å². The number of benzene rings is 1. The van der Waals surface area contributed by atoms with Crippen molar-refractivity contribution in [1.82, 2.24) is 0 Å². The molecule has 0 bridgehead atoms. The molecular formula is C15H19IO4. The average Bonchev–Trinajstić information content (AvgIpc) is 2.29. The highest BCUT2D eigenvalue weighted by molar-refractivity contribution is 14.1. The van der Waals surface area contributed by atoms with Gasteiger partial charge in [-0.25, -0.2) is 9.59 Å². The number of carbonyl (C=O) groups is 2. The van der Waals surface area contributed by atoms with Crippen LogP contribution in [0.5, 0.6) is 0 Å². The average molecular weight is 390 g/mol. The SMILES string of the molecule is CCOC(=O)c1ccc(I)c(CC(C)(C)C)c1C(=O)O. The third-order valence-electron chi connectivity index (χ3n) is 2.67. The summed E-state index contributed by atoms with van der Waals surface area (Å²) in [5.41, 5.74) is 0.803. The van der Waals surface area contributed by atoms with Gasteiger partial charge in [0.05, 0.1) is 17.7 Å². The maximum absolute atomic E-state index is 11.9. The molecule has 5 heteroatoms. The van der Waals surface area contributed by atoms with E-state index < -0.39 is 11.9 Å². The Balaban J connectivity index is 3.45. The van der Waals surface area contributed by atoms with Crippen LogP contribution < -0.4 is 0 Å². The second-order valence-corrected chi connectivity index (χ2v) is 6.87.